The Morgan fingerprint density at radius 1 is 1.40 bits per heavy atom. The number of carbonyl (C=O) groups excluding carboxylic acids is 2. The molecule has 108 valence electrons. The molecule has 0 radical (unpaired) electrons. The maximum Gasteiger partial charge on any atom is 0.324 e. The Morgan fingerprint density at radius 2 is 2.00 bits per heavy atom. The van der Waals surface area contributed by atoms with E-state index in [0.717, 1.165) is 5.69 Å². The number of ether oxygens (including phenoxy) is 1. The highest BCUT2D eigenvalue weighted by Crippen LogP contribution is 2.36. The van der Waals surface area contributed by atoms with Crippen molar-refractivity contribution in [2.24, 2.45) is 5.41 Å². The molecular formula is C15H18ClNO3. The average Bonchev–Trinajstić information content (AvgIpc) is 2.63. The SMILES string of the molecule is C[C@H](Cl)C(=O)O[C@H]1C(=O)N(c2ccccc2)CC1(C)C. The zero-order valence-electron chi connectivity index (χ0n) is 11.8. The Hall–Kier alpha value is -1.55. The lowest BCUT2D eigenvalue weighted by molar-refractivity contribution is -0.157. The largest absolute Gasteiger partial charge is 0.450 e. The first kappa shape index (κ1) is 14.9. The van der Waals surface area contributed by atoms with Crippen molar-refractivity contribution in [3.63, 3.8) is 0 Å². The number of anilines is 1. The molecule has 0 spiro atoms. The van der Waals surface area contributed by atoms with Crippen molar-refractivity contribution < 1.29 is 14.3 Å². The van der Waals surface area contributed by atoms with Gasteiger partial charge in [0, 0.05) is 17.6 Å². The number of esters is 1. The van der Waals surface area contributed by atoms with Crippen LogP contribution in [0.4, 0.5) is 5.69 Å². The van der Waals surface area contributed by atoms with E-state index in [1.54, 1.807) is 4.90 Å². The minimum Gasteiger partial charge on any atom is -0.450 e. The topological polar surface area (TPSA) is 46.6 Å². The molecule has 0 saturated carbocycles. The Balaban J connectivity index is 2.22. The number of rotatable bonds is 3. The molecule has 1 aromatic rings. The first-order valence-corrected chi connectivity index (χ1v) is 6.97. The summed E-state index contributed by atoms with van der Waals surface area (Å²) >= 11 is 5.70. The fraction of sp³-hybridized carbons (Fsp3) is 0.467. The number of hydrogen-bond acceptors (Lipinski definition) is 3. The summed E-state index contributed by atoms with van der Waals surface area (Å²) in [7, 11) is 0. The molecule has 0 unspecified atom stereocenters. The Bertz CT molecular complexity index is 513. The molecule has 20 heavy (non-hydrogen) atoms. The van der Waals surface area contributed by atoms with Crippen molar-refractivity contribution in [3.05, 3.63) is 30.3 Å². The summed E-state index contributed by atoms with van der Waals surface area (Å²) in [6.45, 7) is 5.85. The fourth-order valence-corrected chi connectivity index (χ4v) is 2.34. The van der Waals surface area contributed by atoms with Gasteiger partial charge in [-0.2, -0.15) is 0 Å². The van der Waals surface area contributed by atoms with Gasteiger partial charge in [0.2, 0.25) is 0 Å². The summed E-state index contributed by atoms with van der Waals surface area (Å²) in [6.07, 6.45) is -0.795. The summed E-state index contributed by atoms with van der Waals surface area (Å²) in [5.74, 6) is -0.764. The quantitative estimate of drug-likeness (QED) is 0.636. The maximum absolute atomic E-state index is 12.5. The van der Waals surface area contributed by atoms with E-state index in [1.165, 1.54) is 6.92 Å². The molecule has 1 saturated heterocycles. The zero-order valence-corrected chi connectivity index (χ0v) is 12.6. The van der Waals surface area contributed by atoms with Crippen LogP contribution in [0.2, 0.25) is 0 Å². The van der Waals surface area contributed by atoms with E-state index >= 15 is 0 Å². The fourth-order valence-electron chi connectivity index (χ4n) is 2.29. The lowest BCUT2D eigenvalue weighted by atomic mass is 9.89. The highest BCUT2D eigenvalue weighted by Gasteiger charge is 2.49. The van der Waals surface area contributed by atoms with Crippen LogP contribution in [0.15, 0.2) is 30.3 Å². The van der Waals surface area contributed by atoms with Crippen LogP contribution in [0.25, 0.3) is 0 Å². The van der Waals surface area contributed by atoms with Crippen LogP contribution in [0.3, 0.4) is 0 Å². The molecule has 0 aliphatic carbocycles. The second kappa shape index (κ2) is 5.44. The molecule has 1 aliphatic heterocycles. The Morgan fingerprint density at radius 3 is 2.55 bits per heavy atom. The predicted octanol–water partition coefficient (Wildman–Crippen LogP) is 2.60. The monoisotopic (exact) mass is 295 g/mol. The van der Waals surface area contributed by atoms with Crippen LogP contribution in [-0.4, -0.2) is 29.9 Å². The van der Waals surface area contributed by atoms with Crippen LogP contribution < -0.4 is 4.90 Å². The normalized spacial score (nSPS) is 22.7. The van der Waals surface area contributed by atoms with E-state index < -0.39 is 22.9 Å². The molecule has 0 N–H and O–H groups in total. The van der Waals surface area contributed by atoms with Gasteiger partial charge in [0.05, 0.1) is 0 Å². The molecule has 2 atom stereocenters. The van der Waals surface area contributed by atoms with Crippen LogP contribution in [-0.2, 0) is 14.3 Å². The third-order valence-electron chi connectivity index (χ3n) is 3.39. The number of carbonyl (C=O) groups is 2. The first-order valence-electron chi connectivity index (χ1n) is 6.54. The number of alkyl halides is 1. The number of benzene rings is 1. The number of hydrogen-bond donors (Lipinski definition) is 0. The minimum atomic E-state index is -0.795. The van der Waals surface area contributed by atoms with Gasteiger partial charge in [0.15, 0.2) is 6.10 Å². The Kier molecular flexibility index (Phi) is 4.04. The third-order valence-corrected chi connectivity index (χ3v) is 3.57. The molecule has 1 amide bonds. The summed E-state index contributed by atoms with van der Waals surface area (Å²) in [6, 6.07) is 9.36. The van der Waals surface area contributed by atoms with Crippen LogP contribution in [0.5, 0.6) is 0 Å². The lowest BCUT2D eigenvalue weighted by Gasteiger charge is -2.23. The van der Waals surface area contributed by atoms with Crippen molar-refractivity contribution in [3.8, 4) is 0 Å². The molecule has 1 heterocycles. The lowest BCUT2D eigenvalue weighted by Crippen LogP contribution is -2.37. The van der Waals surface area contributed by atoms with Gasteiger partial charge in [-0.3, -0.25) is 9.59 Å². The third kappa shape index (κ3) is 2.80. The summed E-state index contributed by atoms with van der Waals surface area (Å²) < 4.78 is 5.29. The molecule has 2 rings (SSSR count). The van der Waals surface area contributed by atoms with Gasteiger partial charge in [-0.25, -0.2) is 0 Å². The van der Waals surface area contributed by atoms with Gasteiger partial charge in [-0.15, -0.1) is 11.6 Å². The molecule has 5 heteroatoms. The average molecular weight is 296 g/mol. The number of nitrogens with zero attached hydrogens (tertiary/aromatic N) is 1. The van der Waals surface area contributed by atoms with E-state index in [1.807, 2.05) is 44.2 Å². The number of amides is 1. The molecule has 4 nitrogen and oxygen atoms in total. The highest BCUT2D eigenvalue weighted by molar-refractivity contribution is 6.29. The second-order valence-corrected chi connectivity index (χ2v) is 6.34. The van der Waals surface area contributed by atoms with E-state index in [4.69, 9.17) is 16.3 Å². The van der Waals surface area contributed by atoms with Crippen molar-refractivity contribution in [2.45, 2.75) is 32.3 Å². The van der Waals surface area contributed by atoms with Crippen LogP contribution in [0, 0.1) is 5.41 Å². The van der Waals surface area contributed by atoms with Crippen LogP contribution >= 0.6 is 11.6 Å². The van der Waals surface area contributed by atoms with Gasteiger partial charge < -0.3 is 9.64 Å². The van der Waals surface area contributed by atoms with E-state index in [9.17, 15) is 9.59 Å². The predicted molar refractivity (Wildman–Crippen MR) is 77.8 cm³/mol. The minimum absolute atomic E-state index is 0.202. The first-order chi connectivity index (χ1) is 9.33. The Labute approximate surface area is 123 Å². The number of halogens is 1. The van der Waals surface area contributed by atoms with Crippen molar-refractivity contribution in [2.75, 3.05) is 11.4 Å². The van der Waals surface area contributed by atoms with Crippen molar-refractivity contribution in [1.29, 1.82) is 0 Å². The standard InChI is InChI=1S/C15H18ClNO3/c1-10(16)14(19)20-12-13(18)17(9-15(12,2)3)11-7-5-4-6-8-11/h4-8,10,12H,9H2,1-3H3/t10-,12-/m0/s1. The highest BCUT2D eigenvalue weighted by atomic mass is 35.5. The van der Waals surface area contributed by atoms with Gasteiger partial charge >= 0.3 is 5.97 Å². The molecule has 1 aliphatic rings. The van der Waals surface area contributed by atoms with E-state index in [-0.39, 0.29) is 5.91 Å². The summed E-state index contributed by atoms with van der Waals surface area (Å²) in [5, 5.41) is -0.760. The van der Waals surface area contributed by atoms with Gasteiger partial charge in [0.1, 0.15) is 5.38 Å². The van der Waals surface area contributed by atoms with Gasteiger partial charge in [-0.1, -0.05) is 32.0 Å². The molecule has 1 fully saturated rings. The number of para-hydroxylation sites is 1. The van der Waals surface area contributed by atoms with Gasteiger partial charge in [0.25, 0.3) is 5.91 Å². The van der Waals surface area contributed by atoms with E-state index in [2.05, 4.69) is 0 Å². The molecule has 1 aromatic carbocycles. The van der Waals surface area contributed by atoms with Crippen molar-refractivity contribution >= 4 is 29.2 Å². The molecule has 0 bridgehead atoms. The second-order valence-electron chi connectivity index (χ2n) is 5.68. The maximum atomic E-state index is 12.5. The summed E-state index contributed by atoms with van der Waals surface area (Å²) in [5.41, 5.74) is 0.358. The van der Waals surface area contributed by atoms with Crippen LogP contribution in [0.1, 0.15) is 20.8 Å². The van der Waals surface area contributed by atoms with Crippen molar-refractivity contribution in [1.82, 2.24) is 0 Å². The van der Waals surface area contributed by atoms with Gasteiger partial charge in [-0.05, 0) is 19.1 Å². The van der Waals surface area contributed by atoms with E-state index in [0.29, 0.717) is 6.54 Å². The summed E-state index contributed by atoms with van der Waals surface area (Å²) in [4.78, 5) is 25.8. The molecule has 0 aromatic heterocycles. The smallest absolute Gasteiger partial charge is 0.324 e. The molecular weight excluding hydrogens is 278 g/mol. The zero-order chi connectivity index (χ0) is 14.9.